The number of hydrogen-bond acceptors (Lipinski definition) is 7. The van der Waals surface area contributed by atoms with Crippen LogP contribution < -0.4 is 19.5 Å². The summed E-state index contributed by atoms with van der Waals surface area (Å²) in [6.45, 7) is -0.396. The lowest BCUT2D eigenvalue weighted by Gasteiger charge is -2.12. The van der Waals surface area contributed by atoms with Crippen LogP contribution in [0.25, 0.3) is 0 Å². The van der Waals surface area contributed by atoms with Gasteiger partial charge in [0.15, 0.2) is 24.7 Å². The first-order valence-corrected chi connectivity index (χ1v) is 7.86. The third-order valence-electron chi connectivity index (χ3n) is 3.39. The molecule has 0 atom stereocenters. The molecule has 140 valence electrons. The van der Waals surface area contributed by atoms with Gasteiger partial charge in [-0.2, -0.15) is 5.26 Å². The van der Waals surface area contributed by atoms with Crippen molar-refractivity contribution in [1.29, 1.82) is 5.26 Å². The number of hydrogen-bond donors (Lipinski definition) is 1. The standard InChI is InChI=1S/C19H18N2O6/c1-24-16-7-6-13(10-17(16)27-12-18(22)25-2)19(23)21-14-4-3-5-15(11-14)26-9-8-20/h3-7,10-11H,9,12H2,1-2H3,(H,21,23). The molecule has 8 heteroatoms. The Labute approximate surface area is 156 Å². The Hall–Kier alpha value is -3.73. The molecule has 0 aliphatic carbocycles. The number of esters is 1. The maximum absolute atomic E-state index is 12.5. The second kappa shape index (κ2) is 9.68. The van der Waals surface area contributed by atoms with Gasteiger partial charge in [-0.3, -0.25) is 4.79 Å². The lowest BCUT2D eigenvalue weighted by molar-refractivity contribution is -0.142. The molecule has 2 rings (SSSR count). The van der Waals surface area contributed by atoms with Crippen LogP contribution in [0.4, 0.5) is 5.69 Å². The Kier molecular flexibility index (Phi) is 7.02. The minimum absolute atomic E-state index is 0.0865. The van der Waals surface area contributed by atoms with Crippen LogP contribution in [-0.2, 0) is 9.53 Å². The zero-order chi connectivity index (χ0) is 19.6. The van der Waals surface area contributed by atoms with Gasteiger partial charge in [0.1, 0.15) is 11.8 Å². The number of nitriles is 1. The van der Waals surface area contributed by atoms with Gasteiger partial charge < -0.3 is 24.3 Å². The molecule has 0 spiro atoms. The largest absolute Gasteiger partial charge is 0.493 e. The van der Waals surface area contributed by atoms with Crippen LogP contribution in [0.1, 0.15) is 10.4 Å². The van der Waals surface area contributed by atoms with Crippen LogP contribution in [0.5, 0.6) is 17.2 Å². The zero-order valence-corrected chi connectivity index (χ0v) is 14.9. The Bertz CT molecular complexity index is 860. The summed E-state index contributed by atoms with van der Waals surface area (Å²) in [5.41, 5.74) is 0.808. The molecule has 0 bridgehead atoms. The Morgan fingerprint density at radius 3 is 2.59 bits per heavy atom. The predicted molar refractivity (Wildman–Crippen MR) is 96.0 cm³/mol. The molecular weight excluding hydrogens is 352 g/mol. The van der Waals surface area contributed by atoms with Crippen molar-refractivity contribution in [3.63, 3.8) is 0 Å². The number of methoxy groups -OCH3 is 2. The number of nitrogens with one attached hydrogen (secondary N) is 1. The van der Waals surface area contributed by atoms with Gasteiger partial charge in [-0.25, -0.2) is 4.79 Å². The van der Waals surface area contributed by atoms with Gasteiger partial charge in [0.05, 0.1) is 14.2 Å². The molecule has 0 heterocycles. The highest BCUT2D eigenvalue weighted by molar-refractivity contribution is 6.04. The Morgan fingerprint density at radius 2 is 1.89 bits per heavy atom. The zero-order valence-electron chi connectivity index (χ0n) is 14.9. The van der Waals surface area contributed by atoms with Crippen molar-refractivity contribution >= 4 is 17.6 Å². The summed E-state index contributed by atoms with van der Waals surface area (Å²) in [6, 6.07) is 13.1. The van der Waals surface area contributed by atoms with Crippen LogP contribution in [0.2, 0.25) is 0 Å². The van der Waals surface area contributed by atoms with Crippen molar-refractivity contribution in [2.75, 3.05) is 32.8 Å². The number of rotatable bonds is 8. The molecular formula is C19H18N2O6. The maximum atomic E-state index is 12.5. The van der Waals surface area contributed by atoms with E-state index in [9.17, 15) is 9.59 Å². The van der Waals surface area contributed by atoms with Gasteiger partial charge in [-0.05, 0) is 30.3 Å². The SMILES string of the molecule is COC(=O)COc1cc(C(=O)Nc2cccc(OCC#N)c2)ccc1OC. The first kappa shape index (κ1) is 19.6. The van der Waals surface area contributed by atoms with E-state index in [1.807, 2.05) is 6.07 Å². The smallest absolute Gasteiger partial charge is 0.343 e. The van der Waals surface area contributed by atoms with Gasteiger partial charge >= 0.3 is 5.97 Å². The summed E-state index contributed by atoms with van der Waals surface area (Å²) >= 11 is 0. The molecule has 1 N–H and O–H groups in total. The molecule has 0 aliphatic rings. The number of nitrogens with zero attached hydrogens (tertiary/aromatic N) is 1. The summed E-state index contributed by atoms with van der Waals surface area (Å²) in [6.07, 6.45) is 0. The molecule has 8 nitrogen and oxygen atoms in total. The van der Waals surface area contributed by atoms with E-state index >= 15 is 0 Å². The highest BCUT2D eigenvalue weighted by Crippen LogP contribution is 2.28. The van der Waals surface area contributed by atoms with Crippen molar-refractivity contribution in [3.8, 4) is 23.3 Å². The lowest BCUT2D eigenvalue weighted by Crippen LogP contribution is -2.15. The summed E-state index contributed by atoms with van der Waals surface area (Å²) in [5, 5.41) is 11.3. The molecule has 27 heavy (non-hydrogen) atoms. The van der Waals surface area contributed by atoms with E-state index in [0.717, 1.165) is 0 Å². The van der Waals surface area contributed by atoms with E-state index < -0.39 is 11.9 Å². The van der Waals surface area contributed by atoms with E-state index in [0.29, 0.717) is 22.7 Å². The van der Waals surface area contributed by atoms with Gasteiger partial charge in [-0.15, -0.1) is 0 Å². The number of carbonyl (C=O) groups excluding carboxylic acids is 2. The molecule has 0 radical (unpaired) electrons. The first-order valence-electron chi connectivity index (χ1n) is 7.86. The van der Waals surface area contributed by atoms with E-state index in [1.54, 1.807) is 36.4 Å². The first-order chi connectivity index (χ1) is 13.1. The quantitative estimate of drug-likeness (QED) is 0.711. The number of benzene rings is 2. The second-order valence-electron chi connectivity index (χ2n) is 5.16. The summed E-state index contributed by atoms with van der Waals surface area (Å²) in [5.74, 6) is 0.134. The van der Waals surface area contributed by atoms with Crippen molar-refractivity contribution in [2.24, 2.45) is 0 Å². The molecule has 0 unspecified atom stereocenters. The monoisotopic (exact) mass is 370 g/mol. The normalized spacial score (nSPS) is 9.67. The third kappa shape index (κ3) is 5.64. The number of anilines is 1. The fraction of sp³-hybridized carbons (Fsp3) is 0.211. The average Bonchev–Trinajstić information content (AvgIpc) is 2.70. The lowest BCUT2D eigenvalue weighted by atomic mass is 10.1. The summed E-state index contributed by atoms with van der Waals surface area (Å²) in [7, 11) is 2.70. The van der Waals surface area contributed by atoms with E-state index in [2.05, 4.69) is 10.1 Å². The molecule has 0 aromatic heterocycles. The molecule has 0 saturated carbocycles. The maximum Gasteiger partial charge on any atom is 0.343 e. The van der Waals surface area contributed by atoms with E-state index in [1.165, 1.54) is 20.3 Å². The van der Waals surface area contributed by atoms with Crippen LogP contribution in [0.3, 0.4) is 0 Å². The van der Waals surface area contributed by atoms with Gasteiger partial charge in [0, 0.05) is 17.3 Å². The van der Waals surface area contributed by atoms with Gasteiger partial charge in [0.2, 0.25) is 0 Å². The minimum Gasteiger partial charge on any atom is -0.493 e. The number of ether oxygens (including phenoxy) is 4. The van der Waals surface area contributed by atoms with Crippen molar-refractivity contribution in [2.45, 2.75) is 0 Å². The van der Waals surface area contributed by atoms with Gasteiger partial charge in [-0.1, -0.05) is 6.07 Å². The van der Waals surface area contributed by atoms with Crippen molar-refractivity contribution in [3.05, 3.63) is 48.0 Å². The van der Waals surface area contributed by atoms with Gasteiger partial charge in [0.25, 0.3) is 5.91 Å². The van der Waals surface area contributed by atoms with Crippen LogP contribution in [-0.4, -0.2) is 39.3 Å². The Morgan fingerprint density at radius 1 is 1.07 bits per heavy atom. The van der Waals surface area contributed by atoms with Crippen LogP contribution >= 0.6 is 0 Å². The highest BCUT2D eigenvalue weighted by Gasteiger charge is 2.13. The fourth-order valence-electron chi connectivity index (χ4n) is 2.11. The summed E-state index contributed by atoms with van der Waals surface area (Å²) < 4.78 is 20.3. The molecule has 2 aromatic carbocycles. The Balaban J connectivity index is 2.14. The minimum atomic E-state index is -0.555. The third-order valence-corrected chi connectivity index (χ3v) is 3.39. The number of carbonyl (C=O) groups is 2. The van der Waals surface area contributed by atoms with Crippen LogP contribution in [0.15, 0.2) is 42.5 Å². The molecule has 2 aromatic rings. The van der Waals surface area contributed by atoms with Crippen LogP contribution in [0, 0.1) is 11.3 Å². The molecule has 0 aliphatic heterocycles. The molecule has 0 fully saturated rings. The molecule has 0 saturated heterocycles. The highest BCUT2D eigenvalue weighted by atomic mass is 16.6. The fourth-order valence-corrected chi connectivity index (χ4v) is 2.11. The predicted octanol–water partition coefficient (Wildman–Crippen LogP) is 2.40. The summed E-state index contributed by atoms with van der Waals surface area (Å²) in [4.78, 5) is 23.7. The number of amides is 1. The second-order valence-corrected chi connectivity index (χ2v) is 5.16. The average molecular weight is 370 g/mol. The van der Waals surface area contributed by atoms with Crippen molar-refractivity contribution < 1.29 is 28.5 Å². The van der Waals surface area contributed by atoms with E-state index in [-0.39, 0.29) is 19.0 Å². The van der Waals surface area contributed by atoms with Crippen molar-refractivity contribution in [1.82, 2.24) is 0 Å². The topological polar surface area (TPSA) is 107 Å². The molecule has 1 amide bonds. The van der Waals surface area contributed by atoms with E-state index in [4.69, 9.17) is 19.5 Å².